The van der Waals surface area contributed by atoms with Crippen molar-refractivity contribution < 1.29 is 44.3 Å². The van der Waals surface area contributed by atoms with E-state index in [0.717, 1.165) is 18.1 Å². The van der Waals surface area contributed by atoms with Gasteiger partial charge in [-0.3, -0.25) is 0 Å². The van der Waals surface area contributed by atoms with Gasteiger partial charge in [0.05, 0.1) is 11.5 Å². The van der Waals surface area contributed by atoms with Crippen molar-refractivity contribution in [1.29, 1.82) is 0 Å². The van der Waals surface area contributed by atoms with Crippen LogP contribution in [-0.2, 0) is 6.11 Å². The average molecular weight is 593 g/mol. The summed E-state index contributed by atoms with van der Waals surface area (Å²) in [6.07, 6.45) is 4.39. The molecule has 3 aromatic rings. The van der Waals surface area contributed by atoms with Crippen molar-refractivity contribution >= 4 is 0 Å². The topological polar surface area (TPSA) is 9.23 Å². The van der Waals surface area contributed by atoms with Crippen LogP contribution >= 0.6 is 0 Å². The van der Waals surface area contributed by atoms with Crippen molar-refractivity contribution in [2.75, 3.05) is 0 Å². The molecule has 0 heterocycles. The van der Waals surface area contributed by atoms with Crippen molar-refractivity contribution in [2.24, 2.45) is 5.92 Å². The summed E-state index contributed by atoms with van der Waals surface area (Å²) in [7, 11) is 0. The van der Waals surface area contributed by atoms with Gasteiger partial charge in [0.15, 0.2) is 17.5 Å². The van der Waals surface area contributed by atoms with Crippen LogP contribution in [-0.4, -0.2) is 0 Å². The Bertz CT molecular complexity index is 1610. The van der Waals surface area contributed by atoms with E-state index in [1.54, 1.807) is 0 Å². The fourth-order valence-corrected chi connectivity index (χ4v) is 4.22. The third kappa shape index (κ3) is 6.90. The van der Waals surface area contributed by atoms with Crippen LogP contribution in [0.2, 0.25) is 0 Å². The second-order valence-corrected chi connectivity index (χ2v) is 9.30. The molecule has 0 saturated heterocycles. The molecule has 0 fully saturated rings. The van der Waals surface area contributed by atoms with Gasteiger partial charge in [0.2, 0.25) is 0 Å². The predicted molar refractivity (Wildman–Crippen MR) is 139 cm³/mol. The highest BCUT2D eigenvalue weighted by Gasteiger charge is 2.38. The molecule has 0 N–H and O–H groups in total. The molecule has 4 rings (SSSR count). The van der Waals surface area contributed by atoms with Gasteiger partial charge in [-0.05, 0) is 73.7 Å². The molecule has 1 atom stereocenters. The lowest BCUT2D eigenvalue weighted by Gasteiger charge is -2.19. The molecule has 1 unspecified atom stereocenters. The SMILES string of the molecule is C/C=C/CCC1=CCC(C#Cc2ccc(C(F)(F)Oc3cc(F)c(-c4cc(F)c(F)c(F)c4)c(F)c3)c(F)c2)C(F)=C1. The van der Waals surface area contributed by atoms with E-state index in [0.29, 0.717) is 49.2 Å². The normalized spacial score (nSPS) is 15.2. The standard InChI is InChI=1S/C32H21F9O/c1-2-3-4-5-18-6-9-20(24(33)12-18)10-7-19-8-11-23(25(34)13-19)32(40,41)42-22-16-26(35)30(27(36)17-22)21-14-28(37)31(39)29(38)15-21/h2-3,6,8,11-17,20H,4-5,9H2,1H3/b3-2+. The molecule has 3 aromatic carbocycles. The molecule has 0 spiro atoms. The van der Waals surface area contributed by atoms with Crippen molar-refractivity contribution in [3.63, 3.8) is 0 Å². The smallest absolute Gasteiger partial charge is 0.429 e. The molecule has 0 amide bonds. The van der Waals surface area contributed by atoms with Gasteiger partial charge < -0.3 is 4.74 Å². The zero-order chi connectivity index (χ0) is 30.6. The van der Waals surface area contributed by atoms with Gasteiger partial charge >= 0.3 is 6.11 Å². The number of hydrogen-bond acceptors (Lipinski definition) is 1. The molecular weight excluding hydrogens is 571 g/mol. The van der Waals surface area contributed by atoms with Crippen molar-refractivity contribution in [3.05, 3.63) is 124 Å². The molecule has 10 heteroatoms. The Labute approximate surface area is 235 Å². The Kier molecular flexibility index (Phi) is 9.20. The van der Waals surface area contributed by atoms with Gasteiger partial charge in [0.25, 0.3) is 0 Å². The van der Waals surface area contributed by atoms with E-state index in [1.807, 2.05) is 25.2 Å². The van der Waals surface area contributed by atoms with Crippen molar-refractivity contribution in [1.82, 2.24) is 0 Å². The lowest BCUT2D eigenvalue weighted by Crippen LogP contribution is -2.23. The van der Waals surface area contributed by atoms with E-state index in [-0.39, 0.29) is 5.56 Å². The van der Waals surface area contributed by atoms with Gasteiger partial charge in [-0.25, -0.2) is 30.7 Å². The summed E-state index contributed by atoms with van der Waals surface area (Å²) in [4.78, 5) is 0. The van der Waals surface area contributed by atoms with E-state index in [1.165, 1.54) is 6.08 Å². The van der Waals surface area contributed by atoms with Gasteiger partial charge in [-0.2, -0.15) is 8.78 Å². The Morgan fingerprint density at radius 3 is 2.14 bits per heavy atom. The zero-order valence-corrected chi connectivity index (χ0v) is 21.9. The van der Waals surface area contributed by atoms with Crippen molar-refractivity contribution in [2.45, 2.75) is 32.3 Å². The molecule has 1 aliphatic carbocycles. The lowest BCUT2D eigenvalue weighted by atomic mass is 9.93. The Morgan fingerprint density at radius 1 is 0.881 bits per heavy atom. The number of benzene rings is 3. The minimum atomic E-state index is -4.42. The lowest BCUT2D eigenvalue weighted by molar-refractivity contribution is -0.187. The van der Waals surface area contributed by atoms with Crippen LogP contribution in [0.3, 0.4) is 0 Å². The number of hydrogen-bond donors (Lipinski definition) is 0. The molecule has 0 saturated carbocycles. The largest absolute Gasteiger partial charge is 0.429 e. The van der Waals surface area contributed by atoms with Crippen LogP contribution in [0.25, 0.3) is 11.1 Å². The number of ether oxygens (including phenoxy) is 1. The van der Waals surface area contributed by atoms with Gasteiger partial charge in [0.1, 0.15) is 34.6 Å². The molecular formula is C32H21F9O. The summed E-state index contributed by atoms with van der Waals surface area (Å²) in [5.74, 6) is -6.96. The third-order valence-electron chi connectivity index (χ3n) is 6.31. The summed E-state index contributed by atoms with van der Waals surface area (Å²) in [5, 5.41) is 0. The highest BCUT2D eigenvalue weighted by atomic mass is 19.3. The highest BCUT2D eigenvalue weighted by Crippen LogP contribution is 2.37. The van der Waals surface area contributed by atoms with E-state index < -0.39 is 75.2 Å². The van der Waals surface area contributed by atoms with Crippen LogP contribution in [0.15, 0.2) is 78.2 Å². The van der Waals surface area contributed by atoms with Crippen LogP contribution in [0, 0.1) is 52.7 Å². The van der Waals surface area contributed by atoms with Gasteiger partial charge in [-0.1, -0.05) is 30.1 Å². The van der Waals surface area contributed by atoms with E-state index >= 15 is 0 Å². The first kappa shape index (κ1) is 30.6. The summed E-state index contributed by atoms with van der Waals surface area (Å²) >= 11 is 0. The maximum atomic E-state index is 14.8. The average Bonchev–Trinajstić information content (AvgIpc) is 2.90. The predicted octanol–water partition coefficient (Wildman–Crippen LogP) is 9.82. The molecule has 1 aliphatic rings. The Hall–Kier alpha value is -4.39. The number of halogens is 9. The first-order chi connectivity index (χ1) is 19.9. The minimum Gasteiger partial charge on any atom is -0.429 e. The van der Waals surface area contributed by atoms with Crippen molar-refractivity contribution in [3.8, 4) is 28.7 Å². The van der Waals surface area contributed by atoms with Gasteiger partial charge in [0, 0.05) is 17.7 Å². The Balaban J connectivity index is 1.50. The quantitative estimate of drug-likeness (QED) is 0.115. The first-order valence-electron chi connectivity index (χ1n) is 12.6. The van der Waals surface area contributed by atoms with Crippen LogP contribution in [0.5, 0.6) is 5.75 Å². The van der Waals surface area contributed by atoms with E-state index in [9.17, 15) is 39.5 Å². The van der Waals surface area contributed by atoms with Crippen LogP contribution in [0.1, 0.15) is 37.3 Å². The maximum Gasteiger partial charge on any atom is 0.429 e. The molecule has 0 radical (unpaired) electrons. The number of alkyl halides is 2. The van der Waals surface area contributed by atoms with Crippen LogP contribution < -0.4 is 4.74 Å². The fourth-order valence-electron chi connectivity index (χ4n) is 4.22. The minimum absolute atomic E-state index is 0.0251. The maximum absolute atomic E-state index is 14.8. The summed E-state index contributed by atoms with van der Waals surface area (Å²) < 4.78 is 133. The van der Waals surface area contributed by atoms with E-state index in [2.05, 4.69) is 16.6 Å². The summed E-state index contributed by atoms with van der Waals surface area (Å²) in [5.41, 5.74) is -2.23. The van der Waals surface area contributed by atoms with Gasteiger partial charge in [-0.15, -0.1) is 0 Å². The first-order valence-corrected chi connectivity index (χ1v) is 12.6. The second kappa shape index (κ2) is 12.6. The Morgan fingerprint density at radius 2 is 1.55 bits per heavy atom. The molecule has 0 aromatic heterocycles. The second-order valence-electron chi connectivity index (χ2n) is 9.30. The van der Waals surface area contributed by atoms with Crippen LogP contribution in [0.4, 0.5) is 39.5 Å². The summed E-state index contributed by atoms with van der Waals surface area (Å²) in [6, 6.07) is 3.66. The van der Waals surface area contributed by atoms with E-state index in [4.69, 9.17) is 0 Å². The highest BCUT2D eigenvalue weighted by molar-refractivity contribution is 5.66. The molecule has 218 valence electrons. The third-order valence-corrected chi connectivity index (χ3v) is 6.31. The summed E-state index contributed by atoms with van der Waals surface area (Å²) in [6.45, 7) is 1.88. The number of rotatable bonds is 7. The monoisotopic (exact) mass is 592 g/mol. The molecule has 42 heavy (non-hydrogen) atoms. The zero-order valence-electron chi connectivity index (χ0n) is 21.9. The fraction of sp³-hybridized carbons (Fsp3) is 0.188. The molecule has 1 nitrogen and oxygen atoms in total. The molecule has 0 bridgehead atoms. The number of allylic oxidation sites excluding steroid dienone is 6. The molecule has 0 aliphatic heterocycles.